The molecule has 3 aromatic heterocycles. The Labute approximate surface area is 172 Å². The van der Waals surface area contributed by atoms with Gasteiger partial charge in [-0.3, -0.25) is 9.19 Å². The molecule has 28 heavy (non-hydrogen) atoms. The monoisotopic (exact) mass is 455 g/mol. The molecule has 1 aliphatic rings. The lowest BCUT2D eigenvalue weighted by Crippen LogP contribution is -2.19. The van der Waals surface area contributed by atoms with Gasteiger partial charge in [0, 0.05) is 50.9 Å². The van der Waals surface area contributed by atoms with E-state index in [1.807, 2.05) is 30.5 Å². The Morgan fingerprint density at radius 2 is 1.96 bits per heavy atom. The first-order chi connectivity index (χ1) is 13.6. The molecule has 8 heteroatoms. The van der Waals surface area contributed by atoms with Gasteiger partial charge in [0.2, 0.25) is 0 Å². The maximum atomic E-state index is 11.7. The molecule has 2 N–H and O–H groups in total. The lowest BCUT2D eigenvalue weighted by Gasteiger charge is -2.22. The average molecular weight is 456 g/mol. The van der Waals surface area contributed by atoms with E-state index in [0.29, 0.717) is 17.3 Å². The summed E-state index contributed by atoms with van der Waals surface area (Å²) in [5.74, 6) is 2.21. The van der Waals surface area contributed by atoms with Crippen molar-refractivity contribution in [2.45, 2.75) is 18.8 Å². The Bertz CT molecular complexity index is 1230. The van der Waals surface area contributed by atoms with E-state index >= 15 is 0 Å². The summed E-state index contributed by atoms with van der Waals surface area (Å²) in [6.45, 7) is 0. The smallest absolute Gasteiger partial charge is 0.165 e. The van der Waals surface area contributed by atoms with E-state index in [2.05, 4.69) is 32.1 Å². The van der Waals surface area contributed by atoms with Crippen LogP contribution in [0, 0.1) is 0 Å². The van der Waals surface area contributed by atoms with Crippen molar-refractivity contribution in [2.75, 3.05) is 17.2 Å². The highest BCUT2D eigenvalue weighted by Crippen LogP contribution is 2.37. The van der Waals surface area contributed by atoms with Gasteiger partial charge in [-0.15, -0.1) is 0 Å². The minimum Gasteiger partial charge on any atom is -0.383 e. The van der Waals surface area contributed by atoms with Gasteiger partial charge in [0.15, 0.2) is 5.65 Å². The number of rotatable bonds is 2. The fraction of sp³-hybridized carbons (Fsp3) is 0.250. The van der Waals surface area contributed by atoms with Crippen molar-refractivity contribution >= 4 is 49.1 Å². The molecule has 1 aromatic carbocycles. The molecule has 1 aliphatic heterocycles. The van der Waals surface area contributed by atoms with Crippen LogP contribution in [0.3, 0.4) is 0 Å². The van der Waals surface area contributed by atoms with Crippen molar-refractivity contribution in [1.82, 2.24) is 19.6 Å². The second kappa shape index (κ2) is 6.93. The molecular weight excluding hydrogens is 438 g/mol. The largest absolute Gasteiger partial charge is 0.383 e. The van der Waals surface area contributed by atoms with E-state index in [4.69, 9.17) is 10.7 Å². The molecule has 142 valence electrons. The lowest BCUT2D eigenvalue weighted by molar-refractivity contribution is 0.590. The number of hydrogen-bond acceptors (Lipinski definition) is 5. The van der Waals surface area contributed by atoms with E-state index in [9.17, 15) is 4.21 Å². The van der Waals surface area contributed by atoms with Gasteiger partial charge in [-0.05, 0) is 40.9 Å². The zero-order valence-electron chi connectivity index (χ0n) is 15.0. The molecule has 5 rings (SSSR count). The van der Waals surface area contributed by atoms with Crippen LogP contribution < -0.4 is 5.73 Å². The molecule has 1 saturated heterocycles. The minimum atomic E-state index is -0.714. The van der Waals surface area contributed by atoms with Crippen molar-refractivity contribution in [2.24, 2.45) is 0 Å². The SMILES string of the molecule is Nc1c(Br)c(C2CCS(=O)CC2)nc2c(-c3cnc4ccccc4c3)cnn12. The van der Waals surface area contributed by atoms with Crippen LogP contribution in [0.4, 0.5) is 5.82 Å². The number of para-hydroxylation sites is 1. The number of benzene rings is 1. The molecular formula is C20H18BrN5OS. The van der Waals surface area contributed by atoms with Gasteiger partial charge in [-0.2, -0.15) is 9.61 Å². The lowest BCUT2D eigenvalue weighted by atomic mass is 9.98. The number of halogens is 1. The fourth-order valence-electron chi connectivity index (χ4n) is 3.77. The topological polar surface area (TPSA) is 86.2 Å². The summed E-state index contributed by atoms with van der Waals surface area (Å²) in [5.41, 5.74) is 10.8. The van der Waals surface area contributed by atoms with E-state index in [1.54, 1.807) is 10.7 Å². The van der Waals surface area contributed by atoms with Crippen molar-refractivity contribution in [3.63, 3.8) is 0 Å². The van der Waals surface area contributed by atoms with Crippen LogP contribution in [0.1, 0.15) is 24.5 Å². The molecule has 0 spiro atoms. The number of fused-ring (bicyclic) bond motifs is 2. The first-order valence-corrected chi connectivity index (χ1v) is 11.4. The van der Waals surface area contributed by atoms with Crippen LogP contribution in [0.25, 0.3) is 27.7 Å². The Hall–Kier alpha value is -2.32. The van der Waals surface area contributed by atoms with Crippen LogP contribution in [-0.2, 0) is 10.8 Å². The molecule has 0 saturated carbocycles. The Morgan fingerprint density at radius 3 is 2.79 bits per heavy atom. The van der Waals surface area contributed by atoms with Crippen LogP contribution in [-0.4, -0.2) is 35.3 Å². The number of aromatic nitrogens is 4. The zero-order valence-corrected chi connectivity index (χ0v) is 17.4. The molecule has 0 unspecified atom stereocenters. The van der Waals surface area contributed by atoms with E-state index < -0.39 is 10.8 Å². The summed E-state index contributed by atoms with van der Waals surface area (Å²) in [6.07, 6.45) is 5.35. The van der Waals surface area contributed by atoms with Gasteiger partial charge in [0.25, 0.3) is 0 Å². The van der Waals surface area contributed by atoms with Gasteiger partial charge < -0.3 is 5.73 Å². The Morgan fingerprint density at radius 1 is 1.18 bits per heavy atom. The molecule has 6 nitrogen and oxygen atoms in total. The van der Waals surface area contributed by atoms with Crippen molar-refractivity contribution < 1.29 is 4.21 Å². The van der Waals surface area contributed by atoms with Crippen molar-refractivity contribution in [3.05, 3.63) is 52.9 Å². The Balaban J connectivity index is 1.66. The Kier molecular flexibility index (Phi) is 4.40. The second-order valence-corrected chi connectivity index (χ2v) is 9.52. The van der Waals surface area contributed by atoms with Gasteiger partial charge in [0.1, 0.15) is 5.82 Å². The summed E-state index contributed by atoms with van der Waals surface area (Å²) in [5, 5.41) is 5.53. The second-order valence-electron chi connectivity index (χ2n) is 7.03. The summed E-state index contributed by atoms with van der Waals surface area (Å²) in [4.78, 5) is 9.51. The average Bonchev–Trinajstić information content (AvgIpc) is 3.15. The number of pyridine rings is 1. The predicted octanol–water partition coefficient (Wildman–Crippen LogP) is 3.92. The molecule has 0 amide bonds. The highest BCUT2D eigenvalue weighted by atomic mass is 79.9. The molecule has 4 heterocycles. The summed E-state index contributed by atoms with van der Waals surface area (Å²) >= 11 is 3.61. The molecule has 0 atom stereocenters. The van der Waals surface area contributed by atoms with Crippen LogP contribution in [0.5, 0.6) is 0 Å². The minimum absolute atomic E-state index is 0.247. The van der Waals surface area contributed by atoms with Crippen LogP contribution >= 0.6 is 15.9 Å². The number of nitrogens with zero attached hydrogens (tertiary/aromatic N) is 4. The van der Waals surface area contributed by atoms with Gasteiger partial charge >= 0.3 is 0 Å². The van der Waals surface area contributed by atoms with Crippen molar-refractivity contribution in [3.8, 4) is 11.1 Å². The molecule has 1 fully saturated rings. The maximum absolute atomic E-state index is 11.7. The first kappa shape index (κ1) is 17.8. The number of nitrogens with two attached hydrogens (primary N) is 1. The molecule has 4 aromatic rings. The third kappa shape index (κ3) is 2.91. The summed E-state index contributed by atoms with van der Waals surface area (Å²) in [7, 11) is -0.714. The highest BCUT2D eigenvalue weighted by molar-refractivity contribution is 9.10. The highest BCUT2D eigenvalue weighted by Gasteiger charge is 2.26. The van der Waals surface area contributed by atoms with E-state index in [1.165, 1.54) is 0 Å². The third-order valence-corrected chi connectivity index (χ3v) is 7.52. The number of hydrogen-bond donors (Lipinski definition) is 1. The van der Waals surface area contributed by atoms with E-state index in [-0.39, 0.29) is 5.92 Å². The van der Waals surface area contributed by atoms with Crippen molar-refractivity contribution in [1.29, 1.82) is 0 Å². The fourth-order valence-corrected chi connectivity index (χ4v) is 5.65. The maximum Gasteiger partial charge on any atom is 0.165 e. The van der Waals surface area contributed by atoms with Crippen LogP contribution in [0.2, 0.25) is 0 Å². The summed E-state index contributed by atoms with van der Waals surface area (Å²) in [6, 6.07) is 10.1. The van der Waals surface area contributed by atoms with Crippen LogP contribution in [0.15, 0.2) is 47.2 Å². The van der Waals surface area contributed by atoms with Gasteiger partial charge in [-0.1, -0.05) is 18.2 Å². The van der Waals surface area contributed by atoms with Gasteiger partial charge in [0.05, 0.1) is 21.9 Å². The predicted molar refractivity (Wildman–Crippen MR) is 116 cm³/mol. The molecule has 0 bridgehead atoms. The van der Waals surface area contributed by atoms with Gasteiger partial charge in [-0.25, -0.2) is 4.98 Å². The standard InChI is InChI=1S/C20H18BrN5OS/c21-17-18(12-5-7-28(27)8-6-12)25-20-15(11-24-26(20)19(17)22)14-9-13-3-1-2-4-16(13)23-10-14/h1-4,9-12H,5-8,22H2. The quantitative estimate of drug-likeness (QED) is 0.494. The molecule has 0 radical (unpaired) electrons. The number of anilines is 1. The van der Waals surface area contributed by atoms with E-state index in [0.717, 1.165) is 50.7 Å². The zero-order chi connectivity index (χ0) is 19.3. The third-order valence-electron chi connectivity index (χ3n) is 5.32. The normalized spacial score (nSPS) is 20.0. The summed E-state index contributed by atoms with van der Waals surface area (Å²) < 4.78 is 14.2. The first-order valence-electron chi connectivity index (χ1n) is 9.14. The number of nitrogen functional groups attached to an aromatic ring is 1. The molecule has 0 aliphatic carbocycles.